The molecule has 0 saturated heterocycles. The molecule has 1 aliphatic rings. The van der Waals surface area contributed by atoms with E-state index in [1.165, 1.54) is 0 Å². The lowest BCUT2D eigenvalue weighted by molar-refractivity contribution is 0.0522. The molecule has 9 heteroatoms. The molecule has 0 aliphatic heterocycles. The molecule has 20 heavy (non-hydrogen) atoms. The van der Waals surface area contributed by atoms with E-state index in [-0.39, 0.29) is 35.7 Å². The molecule has 0 radical (unpaired) electrons. The highest BCUT2D eigenvalue weighted by Gasteiger charge is 2.35. The lowest BCUT2D eigenvalue weighted by Gasteiger charge is -2.15. The summed E-state index contributed by atoms with van der Waals surface area (Å²) >= 11 is 0. The number of nitrogens with two attached hydrogens (primary N) is 1. The Bertz CT molecular complexity index is 579. The van der Waals surface area contributed by atoms with Crippen molar-refractivity contribution in [3.63, 3.8) is 0 Å². The summed E-state index contributed by atoms with van der Waals surface area (Å²) in [5, 5.41) is 5.66. The molecule has 0 spiro atoms. The van der Waals surface area contributed by atoms with Crippen LogP contribution in [0.25, 0.3) is 0 Å². The third-order valence-electron chi connectivity index (χ3n) is 3.12. The zero-order valence-electron chi connectivity index (χ0n) is 11.1. The van der Waals surface area contributed by atoms with Gasteiger partial charge >= 0.3 is 5.97 Å². The summed E-state index contributed by atoms with van der Waals surface area (Å²) in [7, 11) is -3.88. The van der Waals surface area contributed by atoms with Crippen LogP contribution in [0.5, 0.6) is 0 Å². The summed E-state index contributed by atoms with van der Waals surface area (Å²) in [5.74, 6) is -0.457. The zero-order chi connectivity index (χ0) is 14.8. The minimum absolute atomic E-state index is 0.106. The first-order valence-electron chi connectivity index (χ1n) is 6.42. The van der Waals surface area contributed by atoms with E-state index >= 15 is 0 Å². The lowest BCUT2D eigenvalue weighted by atomic mass is 10.2. The Kier molecular flexibility index (Phi) is 4.41. The second-order valence-electron chi connectivity index (χ2n) is 4.63. The molecule has 1 atom stereocenters. The molecule has 1 fully saturated rings. The molecule has 0 aromatic carbocycles. The van der Waals surface area contributed by atoms with Gasteiger partial charge in [0, 0.05) is 12.6 Å². The van der Waals surface area contributed by atoms with Gasteiger partial charge in [-0.1, -0.05) is 0 Å². The fourth-order valence-corrected chi connectivity index (χ4v) is 3.33. The predicted molar refractivity (Wildman–Crippen MR) is 70.4 cm³/mol. The Morgan fingerprint density at radius 3 is 2.90 bits per heavy atom. The highest BCUT2D eigenvalue weighted by Crippen LogP contribution is 2.32. The van der Waals surface area contributed by atoms with Crippen molar-refractivity contribution >= 4 is 16.0 Å². The van der Waals surface area contributed by atoms with E-state index in [4.69, 9.17) is 10.5 Å². The smallest absolute Gasteiger partial charge is 0.342 e. The lowest BCUT2D eigenvalue weighted by Crippen LogP contribution is -2.42. The summed E-state index contributed by atoms with van der Waals surface area (Å²) in [6.45, 7) is 2.01. The Morgan fingerprint density at radius 2 is 2.35 bits per heavy atom. The molecule has 1 saturated carbocycles. The van der Waals surface area contributed by atoms with Gasteiger partial charge in [-0.05, 0) is 25.7 Å². The van der Waals surface area contributed by atoms with Gasteiger partial charge in [-0.2, -0.15) is 5.10 Å². The summed E-state index contributed by atoms with van der Waals surface area (Å²) < 4.78 is 31.9. The molecule has 1 heterocycles. The van der Waals surface area contributed by atoms with Gasteiger partial charge in [-0.25, -0.2) is 17.9 Å². The summed E-state index contributed by atoms with van der Waals surface area (Å²) in [6.07, 6.45) is 3.05. The highest BCUT2D eigenvalue weighted by molar-refractivity contribution is 7.89. The van der Waals surface area contributed by atoms with Gasteiger partial charge < -0.3 is 10.5 Å². The Labute approximate surface area is 117 Å². The molecule has 1 aromatic rings. The fourth-order valence-electron chi connectivity index (χ4n) is 1.93. The predicted octanol–water partition coefficient (Wildman–Crippen LogP) is -0.398. The number of nitrogens with one attached hydrogen (secondary N) is 2. The molecular weight excluding hydrogens is 284 g/mol. The third-order valence-corrected chi connectivity index (χ3v) is 4.58. The van der Waals surface area contributed by atoms with Gasteiger partial charge in [-0.15, -0.1) is 0 Å². The van der Waals surface area contributed by atoms with Crippen LogP contribution < -0.4 is 10.5 Å². The van der Waals surface area contributed by atoms with Gasteiger partial charge in [0.1, 0.15) is 5.56 Å². The number of rotatable bonds is 7. The van der Waals surface area contributed by atoms with Crippen LogP contribution in [0.3, 0.4) is 0 Å². The molecule has 0 amide bonds. The van der Waals surface area contributed by atoms with Crippen molar-refractivity contribution in [1.29, 1.82) is 0 Å². The first kappa shape index (κ1) is 14.9. The number of esters is 1. The van der Waals surface area contributed by atoms with Crippen molar-refractivity contribution in [3.05, 3.63) is 11.8 Å². The van der Waals surface area contributed by atoms with E-state index in [1.54, 1.807) is 6.92 Å². The highest BCUT2D eigenvalue weighted by atomic mass is 32.2. The van der Waals surface area contributed by atoms with Crippen molar-refractivity contribution in [3.8, 4) is 0 Å². The van der Waals surface area contributed by atoms with Crippen LogP contribution in [0, 0.1) is 5.92 Å². The van der Waals surface area contributed by atoms with E-state index in [9.17, 15) is 13.2 Å². The molecule has 8 nitrogen and oxygen atoms in total. The van der Waals surface area contributed by atoms with E-state index in [1.807, 2.05) is 0 Å². The van der Waals surface area contributed by atoms with Crippen LogP contribution in [0.2, 0.25) is 0 Å². The number of aromatic amines is 1. The number of aromatic nitrogens is 2. The SMILES string of the molecule is CCOC(=O)c1cn[nH]c1S(=O)(=O)NC(CN)C1CC1. The normalized spacial score (nSPS) is 16.9. The minimum atomic E-state index is -3.88. The van der Waals surface area contributed by atoms with Crippen LogP contribution in [0.4, 0.5) is 0 Å². The van der Waals surface area contributed by atoms with Crippen LogP contribution in [-0.2, 0) is 14.8 Å². The molecule has 1 aliphatic carbocycles. The summed E-state index contributed by atoms with van der Waals surface area (Å²) in [6, 6.07) is -0.321. The van der Waals surface area contributed by atoms with E-state index in [2.05, 4.69) is 14.9 Å². The quantitative estimate of drug-likeness (QED) is 0.588. The van der Waals surface area contributed by atoms with E-state index < -0.39 is 16.0 Å². The van der Waals surface area contributed by atoms with Gasteiger partial charge in [-0.3, -0.25) is 5.10 Å². The van der Waals surface area contributed by atoms with Gasteiger partial charge in [0.2, 0.25) is 0 Å². The van der Waals surface area contributed by atoms with Crippen molar-refractivity contribution in [1.82, 2.24) is 14.9 Å². The number of carbonyl (C=O) groups is 1. The summed E-state index contributed by atoms with van der Waals surface area (Å²) in [4.78, 5) is 11.7. The van der Waals surface area contributed by atoms with Crippen molar-refractivity contribution in [2.45, 2.75) is 30.8 Å². The molecule has 112 valence electrons. The maximum atomic E-state index is 12.3. The molecule has 2 rings (SSSR count). The second-order valence-corrected chi connectivity index (χ2v) is 6.29. The molecule has 4 N–H and O–H groups in total. The zero-order valence-corrected chi connectivity index (χ0v) is 11.9. The first-order chi connectivity index (χ1) is 9.49. The number of H-pyrrole nitrogens is 1. The van der Waals surface area contributed by atoms with Crippen LogP contribution in [-0.4, -0.2) is 43.8 Å². The van der Waals surface area contributed by atoms with Crippen LogP contribution >= 0.6 is 0 Å². The number of sulfonamides is 1. The first-order valence-corrected chi connectivity index (χ1v) is 7.90. The number of hydrogen-bond acceptors (Lipinski definition) is 6. The van der Waals surface area contributed by atoms with Gasteiger partial charge in [0.05, 0.1) is 12.8 Å². The Hall–Kier alpha value is -1.45. The molecular formula is C11H18N4O4S. The maximum absolute atomic E-state index is 12.3. The number of carbonyl (C=O) groups excluding carboxylic acids is 1. The third kappa shape index (κ3) is 3.17. The Balaban J connectivity index is 2.21. The number of ether oxygens (including phenoxy) is 1. The molecule has 0 bridgehead atoms. The van der Waals surface area contributed by atoms with Crippen molar-refractivity contribution < 1.29 is 17.9 Å². The van der Waals surface area contributed by atoms with E-state index in [0.29, 0.717) is 0 Å². The van der Waals surface area contributed by atoms with Crippen LogP contribution in [0.15, 0.2) is 11.2 Å². The van der Waals surface area contributed by atoms with Gasteiger partial charge in [0.25, 0.3) is 10.0 Å². The number of hydrogen-bond donors (Lipinski definition) is 3. The molecule has 1 unspecified atom stereocenters. The van der Waals surface area contributed by atoms with Crippen molar-refractivity contribution in [2.75, 3.05) is 13.2 Å². The molecule has 1 aromatic heterocycles. The van der Waals surface area contributed by atoms with Crippen LogP contribution in [0.1, 0.15) is 30.1 Å². The largest absolute Gasteiger partial charge is 0.462 e. The minimum Gasteiger partial charge on any atom is -0.462 e. The monoisotopic (exact) mass is 302 g/mol. The topological polar surface area (TPSA) is 127 Å². The van der Waals surface area contributed by atoms with Crippen molar-refractivity contribution in [2.24, 2.45) is 11.7 Å². The van der Waals surface area contributed by atoms with Gasteiger partial charge in [0.15, 0.2) is 5.03 Å². The number of nitrogens with zero attached hydrogens (tertiary/aromatic N) is 1. The van der Waals surface area contributed by atoms with E-state index in [0.717, 1.165) is 19.0 Å². The fraction of sp³-hybridized carbons (Fsp3) is 0.636. The standard InChI is InChI=1S/C11H18N4O4S/c1-2-19-11(16)8-6-13-14-10(8)20(17,18)15-9(5-12)7-3-4-7/h6-7,9,15H,2-5,12H2,1H3,(H,13,14). The second kappa shape index (κ2) is 5.90. The summed E-state index contributed by atoms with van der Waals surface area (Å²) in [5.41, 5.74) is 5.47. The maximum Gasteiger partial charge on any atom is 0.342 e. The Morgan fingerprint density at radius 1 is 1.65 bits per heavy atom. The average molecular weight is 302 g/mol. The average Bonchev–Trinajstić information content (AvgIpc) is 3.11.